The van der Waals surface area contributed by atoms with Crippen LogP contribution in [0.1, 0.15) is 12.8 Å². The van der Waals surface area contributed by atoms with Gasteiger partial charge in [-0.05, 0) is 12.5 Å². The van der Waals surface area contributed by atoms with E-state index in [9.17, 15) is 18.0 Å². The normalized spacial score (nSPS) is 18.0. The molecule has 4 rings (SSSR count). The number of nitrogens with one attached hydrogen (secondary N) is 2. The molecule has 0 aliphatic carbocycles. The molecule has 2 N–H and O–H groups in total. The van der Waals surface area contributed by atoms with E-state index in [2.05, 4.69) is 25.3 Å². The van der Waals surface area contributed by atoms with Gasteiger partial charge >= 0.3 is 6.18 Å². The summed E-state index contributed by atoms with van der Waals surface area (Å²) in [6, 6.07) is 1.50. The highest BCUT2D eigenvalue weighted by molar-refractivity contribution is 6.08. The fourth-order valence-electron chi connectivity index (χ4n) is 3.31. The largest absolute Gasteiger partial charge is 0.397 e. The third-order valence-electron chi connectivity index (χ3n) is 4.38. The zero-order valence-electron chi connectivity index (χ0n) is 13.5. The number of alkyl halides is 3. The number of amides is 1. The molecule has 0 bridgehead atoms. The summed E-state index contributed by atoms with van der Waals surface area (Å²) in [5.74, 6) is -0.304. The number of fused-ring (bicyclic) bond motifs is 3. The summed E-state index contributed by atoms with van der Waals surface area (Å²) >= 11 is 0. The maximum atomic E-state index is 12.3. The van der Waals surface area contributed by atoms with Crippen LogP contribution in [0.15, 0.2) is 24.8 Å². The van der Waals surface area contributed by atoms with Crippen molar-refractivity contribution >= 4 is 33.7 Å². The lowest BCUT2D eigenvalue weighted by Crippen LogP contribution is -2.39. The van der Waals surface area contributed by atoms with Gasteiger partial charge in [-0.15, -0.1) is 0 Å². The van der Waals surface area contributed by atoms with Crippen molar-refractivity contribution in [1.29, 1.82) is 0 Å². The van der Waals surface area contributed by atoms with Crippen molar-refractivity contribution in [3.63, 3.8) is 0 Å². The average Bonchev–Trinajstić information content (AvgIpc) is 3.21. The van der Waals surface area contributed by atoms with Crippen molar-refractivity contribution < 1.29 is 18.0 Å². The number of pyridine rings is 1. The van der Waals surface area contributed by atoms with Crippen molar-refractivity contribution in [2.45, 2.75) is 25.1 Å². The molecule has 1 atom stereocenters. The minimum atomic E-state index is -4.50. The van der Waals surface area contributed by atoms with Crippen LogP contribution in [-0.4, -0.2) is 51.2 Å². The summed E-state index contributed by atoms with van der Waals surface area (Å²) in [5, 5.41) is 4.17. The number of anilines is 1. The molecule has 0 aromatic carbocycles. The molecule has 26 heavy (non-hydrogen) atoms. The monoisotopic (exact) mass is 364 g/mol. The lowest BCUT2D eigenvalue weighted by molar-refractivity contribution is -0.154. The molecule has 3 aromatic rings. The number of halogens is 3. The lowest BCUT2D eigenvalue weighted by Gasteiger charge is -2.20. The summed E-state index contributed by atoms with van der Waals surface area (Å²) in [6.45, 7) is 0.981. The molecule has 7 nitrogen and oxygen atoms in total. The van der Waals surface area contributed by atoms with Gasteiger partial charge in [-0.3, -0.25) is 4.79 Å². The number of nitrogens with zero attached hydrogens (tertiary/aromatic N) is 4. The molecule has 1 aliphatic rings. The minimum Gasteiger partial charge on any atom is -0.354 e. The highest BCUT2D eigenvalue weighted by Gasteiger charge is 2.33. The van der Waals surface area contributed by atoms with Crippen molar-refractivity contribution in [3.05, 3.63) is 24.8 Å². The smallest absolute Gasteiger partial charge is 0.354 e. The molecule has 136 valence electrons. The first kappa shape index (κ1) is 16.6. The van der Waals surface area contributed by atoms with Crippen molar-refractivity contribution in [3.8, 4) is 0 Å². The SMILES string of the molecule is O=C(CC(F)(F)F)NC1CCN(c2nc[nH]c3cnc4nccc4c23)C1. The Kier molecular flexibility index (Phi) is 3.89. The summed E-state index contributed by atoms with van der Waals surface area (Å²) in [4.78, 5) is 29.4. The van der Waals surface area contributed by atoms with E-state index in [0.717, 1.165) is 16.3 Å². The van der Waals surface area contributed by atoms with Gasteiger partial charge in [0.05, 0.1) is 23.4 Å². The molecule has 0 saturated carbocycles. The second-order valence-corrected chi connectivity index (χ2v) is 6.25. The van der Waals surface area contributed by atoms with Crippen LogP contribution < -0.4 is 10.2 Å². The van der Waals surface area contributed by atoms with E-state index in [-0.39, 0.29) is 6.04 Å². The van der Waals surface area contributed by atoms with Gasteiger partial charge in [0.15, 0.2) is 5.65 Å². The number of aromatic nitrogens is 4. The van der Waals surface area contributed by atoms with Gasteiger partial charge in [0.1, 0.15) is 12.2 Å². The average molecular weight is 364 g/mol. The summed E-state index contributed by atoms with van der Waals surface area (Å²) in [5.41, 5.74) is 1.40. The number of aromatic amines is 1. The van der Waals surface area contributed by atoms with Gasteiger partial charge in [-0.1, -0.05) is 0 Å². The van der Waals surface area contributed by atoms with Crippen LogP contribution in [0.3, 0.4) is 0 Å². The number of hydrogen-bond acceptors (Lipinski definition) is 5. The fraction of sp³-hybridized carbons (Fsp3) is 0.375. The number of carbonyl (C=O) groups excluding carboxylic acids is 1. The van der Waals surface area contributed by atoms with Crippen LogP contribution in [0.25, 0.3) is 21.9 Å². The van der Waals surface area contributed by atoms with E-state index in [0.29, 0.717) is 31.0 Å². The summed E-state index contributed by atoms with van der Waals surface area (Å²) in [6.07, 6.45) is -0.516. The Bertz CT molecular complexity index is 969. The second kappa shape index (κ2) is 6.11. The number of hydrogen-bond donors (Lipinski definition) is 2. The Morgan fingerprint density at radius 3 is 3.00 bits per heavy atom. The van der Waals surface area contributed by atoms with Gasteiger partial charge in [0, 0.05) is 30.7 Å². The van der Waals surface area contributed by atoms with Gasteiger partial charge in [-0.2, -0.15) is 13.2 Å². The van der Waals surface area contributed by atoms with Crippen molar-refractivity contribution in [2.75, 3.05) is 18.0 Å². The molecule has 1 saturated heterocycles. The van der Waals surface area contributed by atoms with E-state index in [1.165, 1.54) is 0 Å². The first-order chi connectivity index (χ1) is 12.4. The van der Waals surface area contributed by atoms with E-state index >= 15 is 0 Å². The van der Waals surface area contributed by atoms with Crippen LogP contribution in [-0.2, 0) is 4.79 Å². The zero-order chi connectivity index (χ0) is 18.3. The standard InChI is InChI=1S/C16H15F3N6O/c17-16(18,19)5-12(26)24-9-2-4-25(7-9)15-13-10-1-3-20-14(10)21-6-11(13)22-8-23-15/h1,3,6,8-9H,2,4-5,7H2,(H,22,23)(H,24,26). The van der Waals surface area contributed by atoms with Crippen LogP contribution >= 0.6 is 0 Å². The Morgan fingerprint density at radius 1 is 1.35 bits per heavy atom. The number of carbonyl (C=O) groups is 1. The predicted octanol–water partition coefficient (Wildman–Crippen LogP) is 2.15. The van der Waals surface area contributed by atoms with Gasteiger partial charge < -0.3 is 15.2 Å². The Morgan fingerprint density at radius 2 is 2.19 bits per heavy atom. The molecule has 0 spiro atoms. The first-order valence-corrected chi connectivity index (χ1v) is 8.08. The molecule has 1 aliphatic heterocycles. The number of H-pyrrole nitrogens is 1. The quantitative estimate of drug-likeness (QED) is 0.744. The van der Waals surface area contributed by atoms with E-state index < -0.39 is 18.5 Å². The lowest BCUT2D eigenvalue weighted by atomic mass is 10.2. The molecule has 4 heterocycles. The van der Waals surface area contributed by atoms with Crippen LogP contribution in [0.4, 0.5) is 19.0 Å². The maximum Gasteiger partial charge on any atom is 0.397 e. The second-order valence-electron chi connectivity index (χ2n) is 6.25. The van der Waals surface area contributed by atoms with E-state index in [1.807, 2.05) is 11.0 Å². The molecular formula is C16H15F3N6O. The molecule has 1 fully saturated rings. The number of rotatable bonds is 3. The third kappa shape index (κ3) is 3.14. The molecule has 10 heteroatoms. The summed E-state index contributed by atoms with van der Waals surface area (Å²) in [7, 11) is 0. The Labute approximate surface area is 145 Å². The molecule has 1 amide bonds. The third-order valence-corrected chi connectivity index (χ3v) is 4.38. The maximum absolute atomic E-state index is 12.3. The summed E-state index contributed by atoms with van der Waals surface area (Å²) < 4.78 is 37.0. The molecule has 1 unspecified atom stereocenters. The Hall–Kier alpha value is -2.91. The molecule has 3 aromatic heterocycles. The predicted molar refractivity (Wildman–Crippen MR) is 88.6 cm³/mol. The minimum absolute atomic E-state index is 0.346. The van der Waals surface area contributed by atoms with E-state index in [1.54, 1.807) is 18.7 Å². The van der Waals surface area contributed by atoms with Crippen LogP contribution in [0, 0.1) is 0 Å². The van der Waals surface area contributed by atoms with Crippen LogP contribution in [0.5, 0.6) is 0 Å². The fourth-order valence-corrected chi connectivity index (χ4v) is 3.31. The Balaban J connectivity index is 1.58. The van der Waals surface area contributed by atoms with Crippen molar-refractivity contribution in [2.24, 2.45) is 0 Å². The molecular weight excluding hydrogens is 349 g/mol. The van der Waals surface area contributed by atoms with Crippen molar-refractivity contribution in [1.82, 2.24) is 25.3 Å². The van der Waals surface area contributed by atoms with Crippen LogP contribution in [0.2, 0.25) is 0 Å². The topological polar surface area (TPSA) is 86.8 Å². The highest BCUT2D eigenvalue weighted by atomic mass is 19.4. The highest BCUT2D eigenvalue weighted by Crippen LogP contribution is 2.31. The first-order valence-electron chi connectivity index (χ1n) is 8.08. The zero-order valence-corrected chi connectivity index (χ0v) is 13.5. The molecule has 0 radical (unpaired) electrons. The van der Waals surface area contributed by atoms with Gasteiger partial charge in [0.2, 0.25) is 5.91 Å². The van der Waals surface area contributed by atoms with Gasteiger partial charge in [-0.25, -0.2) is 15.0 Å². The van der Waals surface area contributed by atoms with Gasteiger partial charge in [0.25, 0.3) is 0 Å². The van der Waals surface area contributed by atoms with E-state index in [4.69, 9.17) is 0 Å².